The lowest BCUT2D eigenvalue weighted by Gasteiger charge is -2.32. The number of nitriles is 1. The maximum atomic E-state index is 16.5. The molecule has 0 saturated carbocycles. The third kappa shape index (κ3) is 6.20. The molecular formula is C32H31ClF4N8OS. The van der Waals surface area contributed by atoms with Crippen LogP contribution in [0.2, 0.25) is 5.02 Å². The molecule has 0 radical (unpaired) electrons. The molecule has 0 aliphatic carbocycles. The monoisotopic (exact) mass is 686 g/mol. The van der Waals surface area contributed by atoms with Gasteiger partial charge in [0.05, 0.1) is 38.2 Å². The minimum atomic E-state index is -1.66. The smallest absolute Gasteiger partial charge is 0.319 e. The molecular weight excluding hydrogens is 656 g/mol. The normalized spacial score (nSPS) is 20.3. The summed E-state index contributed by atoms with van der Waals surface area (Å²) in [5, 5.41) is 12.9. The second kappa shape index (κ2) is 13.2. The van der Waals surface area contributed by atoms with Gasteiger partial charge in [0.2, 0.25) is 0 Å². The number of piperazine rings is 1. The van der Waals surface area contributed by atoms with Gasteiger partial charge >= 0.3 is 6.01 Å². The maximum absolute atomic E-state index is 16.5. The van der Waals surface area contributed by atoms with Crippen LogP contribution in [0.25, 0.3) is 22.3 Å². The van der Waals surface area contributed by atoms with Crippen LogP contribution in [0.15, 0.2) is 35.5 Å². The number of thiophene rings is 1. The Morgan fingerprint density at radius 3 is 2.74 bits per heavy atom. The molecule has 1 aromatic carbocycles. The molecule has 0 spiro atoms. The highest BCUT2D eigenvalue weighted by atomic mass is 35.5. The van der Waals surface area contributed by atoms with Gasteiger partial charge in [0, 0.05) is 50.1 Å². The fourth-order valence-corrected chi connectivity index (χ4v) is 7.65. The van der Waals surface area contributed by atoms with E-state index < -0.39 is 23.3 Å². The van der Waals surface area contributed by atoms with E-state index in [9.17, 15) is 13.2 Å². The summed E-state index contributed by atoms with van der Waals surface area (Å²) in [6, 6.07) is 3.10. The molecule has 3 fully saturated rings. The van der Waals surface area contributed by atoms with Gasteiger partial charge in [-0.3, -0.25) is 9.89 Å². The van der Waals surface area contributed by atoms with E-state index >= 15 is 4.39 Å². The molecule has 47 heavy (non-hydrogen) atoms. The number of rotatable bonds is 8. The molecule has 15 heteroatoms. The van der Waals surface area contributed by atoms with Crippen molar-refractivity contribution in [3.63, 3.8) is 0 Å². The fourth-order valence-electron chi connectivity index (χ4n) is 6.49. The number of allylic oxidation sites excluding steroid dienone is 1. The van der Waals surface area contributed by atoms with Gasteiger partial charge in [-0.2, -0.15) is 24.0 Å². The number of nitrogens with zero attached hydrogens (tertiary/aromatic N) is 6. The second-order valence-electron chi connectivity index (χ2n) is 11.8. The van der Waals surface area contributed by atoms with E-state index in [0.29, 0.717) is 61.5 Å². The molecule has 3 aliphatic heterocycles. The van der Waals surface area contributed by atoms with E-state index in [4.69, 9.17) is 32.3 Å². The summed E-state index contributed by atoms with van der Waals surface area (Å²) in [7, 11) is 0. The van der Waals surface area contributed by atoms with Gasteiger partial charge in [0.1, 0.15) is 29.0 Å². The number of nitrogens with two attached hydrogens (primary N) is 1. The Bertz CT molecular complexity index is 1890. The maximum Gasteiger partial charge on any atom is 0.319 e. The third-order valence-corrected chi connectivity index (χ3v) is 10.1. The van der Waals surface area contributed by atoms with Gasteiger partial charge < -0.3 is 20.7 Å². The molecule has 2 aromatic heterocycles. The summed E-state index contributed by atoms with van der Waals surface area (Å²) in [6.45, 7) is 9.18. The molecule has 3 saturated heterocycles. The van der Waals surface area contributed by atoms with Crippen LogP contribution in [0.1, 0.15) is 47.8 Å². The van der Waals surface area contributed by atoms with Crippen molar-refractivity contribution in [3.8, 4) is 12.1 Å². The predicted octanol–water partition coefficient (Wildman–Crippen LogP) is 6.54. The number of aromatic nitrogens is 2. The molecule has 1 atom stereocenters. The average Bonchev–Trinajstić information content (AvgIpc) is 3.74. The predicted molar refractivity (Wildman–Crippen MR) is 177 cm³/mol. The number of fused-ring (bicyclic) bond motifs is 2. The topological polar surface area (TPSA) is 116 Å². The highest BCUT2D eigenvalue weighted by Crippen LogP contribution is 2.44. The largest absolute Gasteiger partial charge is 0.461 e. The lowest BCUT2D eigenvalue weighted by molar-refractivity contribution is 0.108. The molecule has 6 rings (SSSR count). The Labute approximate surface area is 277 Å². The number of benzene rings is 1. The quantitative estimate of drug-likeness (QED) is 0.203. The SMILES string of the molecule is C=C(C)c1c(Cl)c(C=N/C=C(/F)c2cc(C#N)c(N)s2)c(F)c2nc(OCC34CCCN3CC(=C(F)F)C4)nc(N3CCNCC3)c12. The minimum absolute atomic E-state index is 0.000136. The van der Waals surface area contributed by atoms with E-state index in [2.05, 4.69) is 21.9 Å². The van der Waals surface area contributed by atoms with Crippen LogP contribution in [0.5, 0.6) is 6.01 Å². The zero-order chi connectivity index (χ0) is 33.5. The molecule has 3 N–H and O–H groups in total. The molecule has 246 valence electrons. The molecule has 9 nitrogen and oxygen atoms in total. The Balaban J connectivity index is 1.43. The van der Waals surface area contributed by atoms with Crippen molar-refractivity contribution in [1.82, 2.24) is 20.2 Å². The van der Waals surface area contributed by atoms with E-state index in [1.807, 2.05) is 15.9 Å². The third-order valence-electron chi connectivity index (χ3n) is 8.77. The number of aliphatic imine (C=N–C) groups is 1. The van der Waals surface area contributed by atoms with Crippen LogP contribution < -0.4 is 20.7 Å². The van der Waals surface area contributed by atoms with Crippen LogP contribution in [0.3, 0.4) is 0 Å². The van der Waals surface area contributed by atoms with E-state index in [1.54, 1.807) is 6.92 Å². The highest BCUT2D eigenvalue weighted by Gasteiger charge is 2.48. The van der Waals surface area contributed by atoms with Gasteiger partial charge in [-0.1, -0.05) is 18.2 Å². The summed E-state index contributed by atoms with van der Waals surface area (Å²) in [5.74, 6) is -1.19. The minimum Gasteiger partial charge on any atom is -0.461 e. The highest BCUT2D eigenvalue weighted by molar-refractivity contribution is 7.17. The lowest BCUT2D eigenvalue weighted by atomic mass is 9.94. The van der Waals surface area contributed by atoms with Crippen LogP contribution in [-0.4, -0.2) is 72.5 Å². The summed E-state index contributed by atoms with van der Waals surface area (Å²) in [4.78, 5) is 17.3. The number of anilines is 2. The lowest BCUT2D eigenvalue weighted by Crippen LogP contribution is -2.44. The first kappa shape index (κ1) is 32.9. The number of nitrogens with one attached hydrogen (secondary N) is 1. The van der Waals surface area contributed by atoms with Crippen molar-refractivity contribution in [2.75, 3.05) is 56.5 Å². The summed E-state index contributed by atoms with van der Waals surface area (Å²) >= 11 is 7.70. The summed E-state index contributed by atoms with van der Waals surface area (Å²) in [6.07, 6.45) is 2.01. The van der Waals surface area contributed by atoms with Crippen molar-refractivity contribution in [3.05, 3.63) is 62.9 Å². The molecule has 0 bridgehead atoms. The first-order valence-corrected chi connectivity index (χ1v) is 16.2. The van der Waals surface area contributed by atoms with Gasteiger partial charge in [-0.15, -0.1) is 11.3 Å². The van der Waals surface area contributed by atoms with Crippen LogP contribution in [-0.2, 0) is 0 Å². The average molecular weight is 687 g/mol. The molecule has 0 amide bonds. The molecule has 5 heterocycles. The first-order chi connectivity index (χ1) is 22.5. The fraction of sp³-hybridized carbons (Fsp3) is 0.375. The number of halogens is 5. The van der Waals surface area contributed by atoms with E-state index in [0.717, 1.165) is 30.2 Å². The molecule has 3 aliphatic rings. The van der Waals surface area contributed by atoms with Crippen molar-refractivity contribution < 1.29 is 22.3 Å². The Kier molecular flexibility index (Phi) is 9.26. The van der Waals surface area contributed by atoms with Crippen LogP contribution in [0.4, 0.5) is 28.4 Å². The number of hydrogen-bond acceptors (Lipinski definition) is 10. The first-order valence-electron chi connectivity index (χ1n) is 15.0. The Morgan fingerprint density at radius 1 is 1.30 bits per heavy atom. The van der Waals surface area contributed by atoms with E-state index in [1.165, 1.54) is 6.07 Å². The number of nitrogen functional groups attached to an aromatic ring is 1. The van der Waals surface area contributed by atoms with E-state index in [-0.39, 0.29) is 62.7 Å². The summed E-state index contributed by atoms with van der Waals surface area (Å²) < 4.78 is 64.6. The summed E-state index contributed by atoms with van der Waals surface area (Å²) in [5.41, 5.74) is 6.05. The van der Waals surface area contributed by atoms with Crippen molar-refractivity contribution in [2.24, 2.45) is 4.99 Å². The van der Waals surface area contributed by atoms with Gasteiger partial charge in [0.15, 0.2) is 11.6 Å². The van der Waals surface area contributed by atoms with Crippen LogP contribution in [0, 0.1) is 17.1 Å². The number of hydrogen-bond donors (Lipinski definition) is 2. The zero-order valence-corrected chi connectivity index (χ0v) is 27.0. The number of ether oxygens (including phenoxy) is 1. The standard InChI is InChI=1S/C32H31ClF4N8OS/c1-17(2)23-24-27(26(35)20(25(23)33)13-41-14-21(34)22-10-18(12-38)29(39)47-22)42-31(43-30(24)44-8-5-40-6-9-44)46-16-32-4-3-7-45(32)15-19(11-32)28(36)37/h10,13-14,40H,1,3-9,11,15-16,39H2,2H3/b21-14+,41-13?. The Hall–Kier alpha value is -4.03. The van der Waals surface area contributed by atoms with Gasteiger partial charge in [-0.25, -0.2) is 8.78 Å². The molecule has 3 aromatic rings. The van der Waals surface area contributed by atoms with Crippen LogP contribution >= 0.6 is 22.9 Å². The van der Waals surface area contributed by atoms with Crippen molar-refractivity contribution in [1.29, 1.82) is 5.26 Å². The van der Waals surface area contributed by atoms with Gasteiger partial charge in [-0.05, 0) is 44.4 Å². The van der Waals surface area contributed by atoms with Gasteiger partial charge in [0.25, 0.3) is 6.08 Å². The Morgan fingerprint density at radius 2 is 2.06 bits per heavy atom. The van der Waals surface area contributed by atoms with Crippen molar-refractivity contribution >= 4 is 62.3 Å². The molecule has 1 unspecified atom stereocenters. The second-order valence-corrected chi connectivity index (χ2v) is 13.3. The zero-order valence-electron chi connectivity index (χ0n) is 25.5. The van der Waals surface area contributed by atoms with Crippen molar-refractivity contribution in [2.45, 2.75) is 31.7 Å².